The van der Waals surface area contributed by atoms with E-state index in [-0.39, 0.29) is 11.5 Å². The Kier molecular flexibility index (Phi) is 3.84. The molecule has 0 radical (unpaired) electrons. The van der Waals surface area contributed by atoms with Crippen molar-refractivity contribution < 1.29 is 19.1 Å². The number of rotatable bonds is 3. The summed E-state index contributed by atoms with van der Waals surface area (Å²) in [4.78, 5) is 23.4. The number of nitrogens with one attached hydrogen (secondary N) is 1. The topological polar surface area (TPSA) is 79.5 Å². The number of carboxylic acid groups (broad SMARTS) is 1. The van der Waals surface area contributed by atoms with Crippen LogP contribution >= 0.6 is 0 Å². The van der Waals surface area contributed by atoms with Crippen molar-refractivity contribution in [2.75, 3.05) is 5.32 Å². The third-order valence-electron chi connectivity index (χ3n) is 3.44. The van der Waals surface area contributed by atoms with Crippen molar-refractivity contribution in [1.82, 2.24) is 0 Å². The van der Waals surface area contributed by atoms with E-state index in [4.69, 9.17) is 4.42 Å². The maximum atomic E-state index is 12.2. The lowest BCUT2D eigenvalue weighted by Gasteiger charge is -2.10. The lowest BCUT2D eigenvalue weighted by Crippen LogP contribution is -2.13. The number of aryl methyl sites for hydroxylation is 3. The Balaban J connectivity index is 2.34. The second kappa shape index (κ2) is 5.44. The highest BCUT2D eigenvalue weighted by atomic mass is 16.4. The van der Waals surface area contributed by atoms with Crippen LogP contribution in [0.2, 0.25) is 0 Å². The fourth-order valence-electron chi connectivity index (χ4n) is 2.21. The van der Waals surface area contributed by atoms with E-state index in [2.05, 4.69) is 5.32 Å². The molecule has 0 fully saturated rings. The van der Waals surface area contributed by atoms with Crippen LogP contribution < -0.4 is 5.32 Å². The second-order valence-corrected chi connectivity index (χ2v) is 5.05. The number of anilines is 1. The zero-order chi connectivity index (χ0) is 15.7. The molecule has 0 saturated carbocycles. The van der Waals surface area contributed by atoms with Crippen LogP contribution in [-0.4, -0.2) is 17.0 Å². The molecule has 0 atom stereocenters. The van der Waals surface area contributed by atoms with Crippen molar-refractivity contribution in [3.63, 3.8) is 0 Å². The molecule has 1 amide bonds. The van der Waals surface area contributed by atoms with E-state index >= 15 is 0 Å². The van der Waals surface area contributed by atoms with E-state index in [1.165, 1.54) is 6.07 Å². The molecule has 110 valence electrons. The van der Waals surface area contributed by atoms with Gasteiger partial charge in [0, 0.05) is 5.69 Å². The Morgan fingerprint density at radius 1 is 1.05 bits per heavy atom. The summed E-state index contributed by atoms with van der Waals surface area (Å²) in [5, 5.41) is 11.9. The molecule has 2 aromatic rings. The molecule has 21 heavy (non-hydrogen) atoms. The normalized spacial score (nSPS) is 10.5. The molecule has 1 heterocycles. The van der Waals surface area contributed by atoms with Crippen molar-refractivity contribution >= 4 is 17.6 Å². The number of carbonyl (C=O) groups excluding carboxylic acids is 1. The largest absolute Gasteiger partial charge is 0.478 e. The molecule has 5 heteroatoms. The molecule has 0 bridgehead atoms. The van der Waals surface area contributed by atoms with Gasteiger partial charge in [0.1, 0.15) is 11.5 Å². The monoisotopic (exact) mass is 287 g/mol. The van der Waals surface area contributed by atoms with Gasteiger partial charge in [-0.25, -0.2) is 4.79 Å². The molecule has 1 aromatic heterocycles. The average Bonchev–Trinajstić information content (AvgIpc) is 2.72. The van der Waals surface area contributed by atoms with E-state index < -0.39 is 5.97 Å². The van der Waals surface area contributed by atoms with Gasteiger partial charge in [0.25, 0.3) is 5.91 Å². The highest BCUT2D eigenvalue weighted by Crippen LogP contribution is 2.22. The molecule has 5 nitrogen and oxygen atoms in total. The first-order valence-electron chi connectivity index (χ1n) is 6.52. The highest BCUT2D eigenvalue weighted by molar-refractivity contribution is 6.05. The smallest absolute Gasteiger partial charge is 0.336 e. The van der Waals surface area contributed by atoms with Crippen molar-refractivity contribution in [1.29, 1.82) is 0 Å². The minimum Gasteiger partial charge on any atom is -0.478 e. The molecular formula is C16H17NO4. The lowest BCUT2D eigenvalue weighted by atomic mass is 10.0. The minimum absolute atomic E-state index is 0.186. The molecule has 2 N–H and O–H groups in total. The van der Waals surface area contributed by atoms with Crippen LogP contribution in [0.5, 0.6) is 0 Å². The Labute approximate surface area is 122 Å². The summed E-state index contributed by atoms with van der Waals surface area (Å²) in [5.74, 6) is -0.137. The Morgan fingerprint density at radius 3 is 2.24 bits per heavy atom. The van der Waals surface area contributed by atoms with Gasteiger partial charge in [0.15, 0.2) is 0 Å². The average molecular weight is 287 g/mol. The summed E-state index contributed by atoms with van der Waals surface area (Å²) in [6, 6.07) is 4.87. The van der Waals surface area contributed by atoms with Crippen LogP contribution in [0.15, 0.2) is 22.6 Å². The molecular weight excluding hydrogens is 270 g/mol. The number of carboxylic acids is 1. The first-order chi connectivity index (χ1) is 9.79. The van der Waals surface area contributed by atoms with Gasteiger partial charge in [-0.1, -0.05) is 0 Å². The summed E-state index contributed by atoms with van der Waals surface area (Å²) >= 11 is 0. The minimum atomic E-state index is -1.01. The van der Waals surface area contributed by atoms with Gasteiger partial charge >= 0.3 is 5.97 Å². The Hall–Kier alpha value is -2.56. The zero-order valence-electron chi connectivity index (χ0n) is 12.4. The standard InChI is InChI=1S/C16H17NO4/c1-8-5-12(7-13(10(8)3)16(19)20)17-15(18)14-6-9(2)21-11(14)4/h5-7H,1-4H3,(H,17,18)(H,19,20). The van der Waals surface area contributed by atoms with Crippen LogP contribution in [-0.2, 0) is 0 Å². The third-order valence-corrected chi connectivity index (χ3v) is 3.44. The second-order valence-electron chi connectivity index (χ2n) is 5.05. The third kappa shape index (κ3) is 2.97. The molecule has 0 unspecified atom stereocenters. The number of hydrogen-bond acceptors (Lipinski definition) is 3. The predicted molar refractivity (Wildman–Crippen MR) is 79.0 cm³/mol. The number of furan rings is 1. The van der Waals surface area contributed by atoms with E-state index in [0.29, 0.717) is 28.3 Å². The predicted octanol–water partition coefficient (Wildman–Crippen LogP) is 3.46. The van der Waals surface area contributed by atoms with E-state index in [9.17, 15) is 14.7 Å². The van der Waals surface area contributed by atoms with Crippen molar-refractivity contribution in [3.05, 3.63) is 52.0 Å². The van der Waals surface area contributed by atoms with E-state index in [1.54, 1.807) is 32.9 Å². The maximum Gasteiger partial charge on any atom is 0.336 e. The van der Waals surface area contributed by atoms with Gasteiger partial charge in [-0.15, -0.1) is 0 Å². The molecule has 0 aliphatic heterocycles. The van der Waals surface area contributed by atoms with E-state index in [1.807, 2.05) is 6.92 Å². The molecule has 2 rings (SSSR count). The van der Waals surface area contributed by atoms with E-state index in [0.717, 1.165) is 5.56 Å². The first kappa shape index (κ1) is 14.8. The van der Waals surface area contributed by atoms with Crippen LogP contribution in [0.4, 0.5) is 5.69 Å². The van der Waals surface area contributed by atoms with Crippen molar-refractivity contribution in [3.8, 4) is 0 Å². The van der Waals surface area contributed by atoms with Crippen molar-refractivity contribution in [2.24, 2.45) is 0 Å². The Bertz CT molecular complexity index is 728. The van der Waals surface area contributed by atoms with Gasteiger partial charge in [0.2, 0.25) is 0 Å². The summed E-state index contributed by atoms with van der Waals surface area (Å²) in [6.07, 6.45) is 0. The molecule has 0 aliphatic rings. The fraction of sp³-hybridized carbons (Fsp3) is 0.250. The summed E-state index contributed by atoms with van der Waals surface area (Å²) in [6.45, 7) is 7.03. The van der Waals surface area contributed by atoms with Crippen molar-refractivity contribution in [2.45, 2.75) is 27.7 Å². The summed E-state index contributed by atoms with van der Waals surface area (Å²) < 4.78 is 5.32. The summed E-state index contributed by atoms with van der Waals surface area (Å²) in [7, 11) is 0. The molecule has 0 spiro atoms. The van der Waals surface area contributed by atoms with Gasteiger partial charge in [0.05, 0.1) is 11.1 Å². The number of carbonyl (C=O) groups is 2. The Morgan fingerprint density at radius 2 is 1.71 bits per heavy atom. The first-order valence-corrected chi connectivity index (χ1v) is 6.52. The summed E-state index contributed by atoms with van der Waals surface area (Å²) in [5.41, 5.74) is 2.59. The van der Waals surface area contributed by atoms with Gasteiger partial charge in [-0.3, -0.25) is 4.79 Å². The molecule has 0 saturated heterocycles. The SMILES string of the molecule is Cc1cc(C(=O)Nc2cc(C)c(C)c(C(=O)O)c2)c(C)o1. The highest BCUT2D eigenvalue weighted by Gasteiger charge is 2.16. The van der Waals surface area contributed by atoms with Gasteiger partial charge in [-0.2, -0.15) is 0 Å². The maximum absolute atomic E-state index is 12.2. The van der Waals surface area contributed by atoms with Crippen LogP contribution in [0.25, 0.3) is 0 Å². The van der Waals surface area contributed by atoms with Crippen LogP contribution in [0.1, 0.15) is 43.4 Å². The number of aromatic carboxylic acids is 1. The number of hydrogen-bond donors (Lipinski definition) is 2. The van der Waals surface area contributed by atoms with Gasteiger partial charge in [-0.05, 0) is 57.0 Å². The number of benzene rings is 1. The zero-order valence-corrected chi connectivity index (χ0v) is 12.4. The molecule has 0 aliphatic carbocycles. The number of amides is 1. The van der Waals surface area contributed by atoms with Crippen LogP contribution in [0, 0.1) is 27.7 Å². The van der Waals surface area contributed by atoms with Crippen LogP contribution in [0.3, 0.4) is 0 Å². The quantitative estimate of drug-likeness (QED) is 0.906. The van der Waals surface area contributed by atoms with Gasteiger partial charge < -0.3 is 14.8 Å². The fourth-order valence-corrected chi connectivity index (χ4v) is 2.21. The lowest BCUT2D eigenvalue weighted by molar-refractivity contribution is 0.0695. The molecule has 1 aromatic carbocycles.